The minimum atomic E-state index is -2.12. The highest BCUT2D eigenvalue weighted by Gasteiger charge is 2.48. The van der Waals surface area contributed by atoms with E-state index >= 15 is 0 Å². The third-order valence-corrected chi connectivity index (χ3v) is 16.2. The van der Waals surface area contributed by atoms with Crippen LogP contribution in [0.3, 0.4) is 0 Å². The van der Waals surface area contributed by atoms with Gasteiger partial charge in [-0.05, 0) is 95.8 Å². The van der Waals surface area contributed by atoms with E-state index in [1.54, 1.807) is 0 Å². The molecular formula is C44H77NO6Si. The summed E-state index contributed by atoms with van der Waals surface area (Å²) < 4.78 is 26.1. The van der Waals surface area contributed by atoms with Gasteiger partial charge in [0.25, 0.3) is 0 Å². The fraction of sp³-hybridized carbons (Fsp3) is 0.864. The Bertz CT molecular complexity index is 1150. The first kappa shape index (κ1) is 44.7. The molecule has 3 aliphatic heterocycles. The van der Waals surface area contributed by atoms with Crippen molar-refractivity contribution < 1.29 is 28.2 Å². The van der Waals surface area contributed by atoms with Crippen molar-refractivity contribution in [2.45, 2.75) is 237 Å². The Morgan fingerprint density at radius 1 is 0.865 bits per heavy atom. The molecule has 2 saturated heterocycles. The van der Waals surface area contributed by atoms with Crippen molar-refractivity contribution in [2.24, 2.45) is 0 Å². The number of carbonyl (C=O) groups excluding carboxylic acids is 2. The SMILES string of the molecule is CCCC[C@H]1CCCCC/C=C/C#C[C@H](O[Si](C)(C)C(C)(C)C)[C@@H]2OC(C)(C)O[C@H]2CCCCCCCCCCCCC(=O)N2CCC[C@H]2C(=O)O1. The fourth-order valence-electron chi connectivity index (χ4n) is 7.53. The summed E-state index contributed by atoms with van der Waals surface area (Å²) in [6.45, 7) is 18.3. The van der Waals surface area contributed by atoms with Crippen LogP contribution in [-0.4, -0.2) is 67.9 Å². The van der Waals surface area contributed by atoms with E-state index in [1.807, 2.05) is 24.8 Å². The van der Waals surface area contributed by atoms with Crippen LogP contribution in [0.2, 0.25) is 18.1 Å². The summed E-state index contributed by atoms with van der Waals surface area (Å²) in [7, 11) is -2.12. The Labute approximate surface area is 320 Å². The molecule has 52 heavy (non-hydrogen) atoms. The van der Waals surface area contributed by atoms with Crippen LogP contribution in [0, 0.1) is 11.8 Å². The van der Waals surface area contributed by atoms with E-state index < -0.39 is 20.1 Å². The van der Waals surface area contributed by atoms with E-state index in [9.17, 15) is 9.59 Å². The summed E-state index contributed by atoms with van der Waals surface area (Å²) in [4.78, 5) is 28.3. The number of allylic oxidation sites excluding steroid dienone is 2. The predicted molar refractivity (Wildman–Crippen MR) is 215 cm³/mol. The van der Waals surface area contributed by atoms with Crippen LogP contribution in [0.15, 0.2) is 12.2 Å². The molecule has 0 saturated carbocycles. The molecule has 0 unspecified atom stereocenters. The normalized spacial score (nSPS) is 29.6. The molecule has 0 spiro atoms. The van der Waals surface area contributed by atoms with E-state index in [1.165, 1.54) is 44.9 Å². The number of unbranched alkanes of at least 4 members (excludes halogenated alkanes) is 1. The predicted octanol–water partition coefficient (Wildman–Crippen LogP) is 11.2. The second kappa shape index (κ2) is 22.7. The lowest BCUT2D eigenvalue weighted by Gasteiger charge is -2.39. The molecule has 3 heterocycles. The molecule has 1 amide bonds. The van der Waals surface area contributed by atoms with Gasteiger partial charge in [-0.3, -0.25) is 4.79 Å². The number of ether oxygens (including phenoxy) is 3. The van der Waals surface area contributed by atoms with Gasteiger partial charge in [0.2, 0.25) is 5.91 Å². The smallest absolute Gasteiger partial charge is 0.329 e. The zero-order valence-corrected chi connectivity index (χ0v) is 35.7. The Balaban J connectivity index is 1.68. The molecule has 0 aromatic carbocycles. The minimum Gasteiger partial charge on any atom is -0.461 e. The first-order valence-corrected chi connectivity index (χ1v) is 24.3. The molecule has 0 radical (unpaired) electrons. The number of nitrogens with zero attached hydrogens (tertiary/aromatic N) is 1. The topological polar surface area (TPSA) is 74.3 Å². The van der Waals surface area contributed by atoms with Gasteiger partial charge in [-0.2, -0.15) is 0 Å². The van der Waals surface area contributed by atoms with Crippen LogP contribution in [0.1, 0.15) is 183 Å². The Morgan fingerprint density at radius 2 is 1.50 bits per heavy atom. The van der Waals surface area contributed by atoms with E-state index in [2.05, 4.69) is 58.7 Å². The molecule has 2 fully saturated rings. The number of hydrogen-bond acceptors (Lipinski definition) is 6. The van der Waals surface area contributed by atoms with E-state index in [-0.39, 0.29) is 41.3 Å². The minimum absolute atomic E-state index is 0.0351. The molecule has 0 aromatic rings. The van der Waals surface area contributed by atoms with Gasteiger partial charge in [0, 0.05) is 13.0 Å². The standard InChI is InChI=1S/C44H77NO6Si/c1-9-10-29-36-30-24-20-16-15-18-22-26-33-39(51-52(7,8)43(2,3)4)41-38(49-44(5,6)50-41)32-25-21-17-13-11-12-14-19-23-27-34-40(46)45-35-28-31-37(45)42(47)48-36/h18,22,36-39,41H,9-17,19-21,23-25,27-32,34-35H2,1-8H3/b22-18+/t36-,37-,38-,39-,41+/m0/s1. The number of carbonyl (C=O) groups is 2. The summed E-state index contributed by atoms with van der Waals surface area (Å²) in [5.41, 5.74) is 0. The molecule has 298 valence electrons. The second-order valence-corrected chi connectivity index (χ2v) is 22.5. The average molecular weight is 744 g/mol. The lowest BCUT2D eigenvalue weighted by atomic mass is 10.0. The van der Waals surface area contributed by atoms with Gasteiger partial charge in [-0.25, -0.2) is 4.79 Å². The molecule has 0 N–H and O–H groups in total. The van der Waals surface area contributed by atoms with Gasteiger partial charge in [0.05, 0.1) is 6.10 Å². The number of rotatable bonds is 5. The molecule has 3 aliphatic rings. The first-order chi connectivity index (χ1) is 24.7. The third-order valence-electron chi connectivity index (χ3n) is 11.7. The Hall–Kier alpha value is -1.66. The Kier molecular flexibility index (Phi) is 19.5. The number of fused-ring (bicyclic) bond motifs is 2. The average Bonchev–Trinajstić information content (AvgIpc) is 3.69. The van der Waals surface area contributed by atoms with Crippen LogP contribution >= 0.6 is 0 Å². The van der Waals surface area contributed by atoms with Gasteiger partial charge < -0.3 is 23.5 Å². The first-order valence-electron chi connectivity index (χ1n) is 21.4. The maximum atomic E-state index is 13.3. The monoisotopic (exact) mass is 744 g/mol. The van der Waals surface area contributed by atoms with Crippen molar-refractivity contribution in [3.8, 4) is 11.8 Å². The van der Waals surface area contributed by atoms with E-state index in [4.69, 9.17) is 18.6 Å². The molecule has 7 nitrogen and oxygen atoms in total. The lowest BCUT2D eigenvalue weighted by Crippen LogP contribution is -2.48. The molecule has 3 rings (SSSR count). The Morgan fingerprint density at radius 3 is 2.17 bits per heavy atom. The number of hydrogen-bond donors (Lipinski definition) is 0. The maximum Gasteiger partial charge on any atom is 0.329 e. The van der Waals surface area contributed by atoms with Crippen LogP contribution < -0.4 is 0 Å². The summed E-state index contributed by atoms with van der Waals surface area (Å²) in [5.74, 6) is 6.10. The molecule has 0 aromatic heterocycles. The highest BCUT2D eigenvalue weighted by atomic mass is 28.4. The van der Waals surface area contributed by atoms with Crippen molar-refractivity contribution in [1.82, 2.24) is 4.90 Å². The van der Waals surface area contributed by atoms with Crippen molar-refractivity contribution in [3.05, 3.63) is 12.2 Å². The quantitative estimate of drug-likeness (QED) is 0.159. The van der Waals surface area contributed by atoms with Crippen molar-refractivity contribution in [2.75, 3.05) is 6.54 Å². The molecule has 5 atom stereocenters. The number of amides is 1. The van der Waals surface area contributed by atoms with Crippen molar-refractivity contribution in [1.29, 1.82) is 0 Å². The lowest BCUT2D eigenvalue weighted by molar-refractivity contribution is -0.158. The van der Waals surface area contributed by atoms with Crippen LogP contribution in [0.25, 0.3) is 0 Å². The summed E-state index contributed by atoms with van der Waals surface area (Å²) in [6.07, 6.45) is 26.3. The molecular weight excluding hydrogens is 667 g/mol. The molecule has 0 aliphatic carbocycles. The zero-order valence-electron chi connectivity index (χ0n) is 34.7. The highest BCUT2D eigenvalue weighted by Crippen LogP contribution is 2.40. The number of cyclic esters (lactones) is 1. The van der Waals surface area contributed by atoms with Gasteiger partial charge in [-0.15, -0.1) is 0 Å². The van der Waals surface area contributed by atoms with Gasteiger partial charge in [-0.1, -0.05) is 123 Å². The maximum absolute atomic E-state index is 13.3. The van der Waals surface area contributed by atoms with Crippen LogP contribution in [-0.2, 0) is 28.2 Å². The summed E-state index contributed by atoms with van der Waals surface area (Å²) in [5, 5.41) is 0.0620. The number of esters is 1. The highest BCUT2D eigenvalue weighted by molar-refractivity contribution is 6.74. The van der Waals surface area contributed by atoms with Crippen LogP contribution in [0.4, 0.5) is 0 Å². The third kappa shape index (κ3) is 15.6. The largest absolute Gasteiger partial charge is 0.461 e. The summed E-state index contributed by atoms with van der Waals surface area (Å²) >= 11 is 0. The molecule has 8 heteroatoms. The zero-order chi connectivity index (χ0) is 38.0. The van der Waals surface area contributed by atoms with Crippen LogP contribution in [0.5, 0.6) is 0 Å². The van der Waals surface area contributed by atoms with Gasteiger partial charge >= 0.3 is 5.97 Å². The van der Waals surface area contributed by atoms with E-state index in [0.29, 0.717) is 13.0 Å². The van der Waals surface area contributed by atoms with Gasteiger partial charge in [0.1, 0.15) is 24.4 Å². The second-order valence-electron chi connectivity index (χ2n) is 17.8. The van der Waals surface area contributed by atoms with Crippen molar-refractivity contribution >= 4 is 20.2 Å². The summed E-state index contributed by atoms with van der Waals surface area (Å²) in [6, 6.07) is -0.403. The van der Waals surface area contributed by atoms with Crippen molar-refractivity contribution in [3.63, 3.8) is 0 Å². The van der Waals surface area contributed by atoms with Gasteiger partial charge in [0.15, 0.2) is 14.1 Å². The fourth-order valence-corrected chi connectivity index (χ4v) is 8.71. The molecule has 0 bridgehead atoms. The van der Waals surface area contributed by atoms with E-state index in [0.717, 1.165) is 89.9 Å².